The molecular weight excluding hydrogens is 352 g/mol. The van der Waals surface area contributed by atoms with Gasteiger partial charge in [-0.1, -0.05) is 41.5 Å². The fraction of sp³-hybridized carbons (Fsp3) is 0.0667. The van der Waals surface area contributed by atoms with Gasteiger partial charge in [-0.25, -0.2) is 4.79 Å². The summed E-state index contributed by atoms with van der Waals surface area (Å²) in [5.41, 5.74) is 3.89. The molecule has 1 aromatic heterocycles. The summed E-state index contributed by atoms with van der Waals surface area (Å²) in [5, 5.41) is 18.8. The van der Waals surface area contributed by atoms with Gasteiger partial charge in [-0.2, -0.15) is 9.83 Å². The van der Waals surface area contributed by atoms with Gasteiger partial charge in [0.25, 0.3) is 0 Å². The number of oxime groups is 1. The quantitative estimate of drug-likeness (QED) is 0.282. The Morgan fingerprint density at radius 2 is 2.00 bits per heavy atom. The molecule has 3 rings (SSSR count). The van der Waals surface area contributed by atoms with E-state index in [-0.39, 0.29) is 5.71 Å². The van der Waals surface area contributed by atoms with Crippen LogP contribution in [0.2, 0.25) is 5.02 Å². The molecule has 124 valence electrons. The van der Waals surface area contributed by atoms with E-state index in [0.717, 1.165) is 0 Å². The predicted molar refractivity (Wildman–Crippen MR) is 94.4 cm³/mol. The number of hydrogen-bond donors (Lipinski definition) is 2. The van der Waals surface area contributed by atoms with Crippen LogP contribution in [0.5, 0.6) is 0 Å². The summed E-state index contributed by atoms with van der Waals surface area (Å²) in [6.07, 6.45) is 1.41. The van der Waals surface area contributed by atoms with E-state index in [9.17, 15) is 10.0 Å². The van der Waals surface area contributed by atoms with Crippen molar-refractivity contribution in [3.05, 3.63) is 58.9 Å². The highest BCUT2D eigenvalue weighted by molar-refractivity contribution is 7.80. The van der Waals surface area contributed by atoms with Gasteiger partial charge in [0.2, 0.25) is 5.03 Å². The molecule has 2 heterocycles. The number of aromatic nitrogens is 1. The zero-order valence-corrected chi connectivity index (χ0v) is 14.2. The fourth-order valence-corrected chi connectivity index (χ4v) is 1.89. The number of rotatable bonds is 2. The van der Waals surface area contributed by atoms with Gasteiger partial charge in [0, 0.05) is 12.1 Å². The Labute approximate surface area is 148 Å². The second-order valence-electron chi connectivity index (χ2n) is 4.49. The van der Waals surface area contributed by atoms with Crippen LogP contribution in [0.4, 0.5) is 5.69 Å². The number of nitrogens with zero attached hydrogens (tertiary/aromatic N) is 3. The maximum Gasteiger partial charge on any atom is 0.387 e. The lowest BCUT2D eigenvalue weighted by molar-refractivity contribution is -0.645. The molecule has 0 unspecified atom stereocenters. The van der Waals surface area contributed by atoms with Crippen molar-refractivity contribution in [3.63, 3.8) is 0 Å². The van der Waals surface area contributed by atoms with E-state index in [2.05, 4.69) is 33.1 Å². The first kappa shape index (κ1) is 17.8. The molecule has 9 heteroatoms. The number of pyridine rings is 1. The number of halogens is 1. The van der Waals surface area contributed by atoms with Crippen LogP contribution in [0.25, 0.3) is 0 Å². The zero-order valence-electron chi connectivity index (χ0n) is 12.5. The van der Waals surface area contributed by atoms with Crippen LogP contribution in [-0.4, -0.2) is 17.4 Å². The molecule has 24 heavy (non-hydrogen) atoms. The first-order chi connectivity index (χ1) is 11.5. The smallest absolute Gasteiger partial charge is 0.387 e. The number of thiol groups is 1. The van der Waals surface area contributed by atoms with Crippen LogP contribution in [-0.2, 0) is 9.63 Å². The van der Waals surface area contributed by atoms with Crippen LogP contribution in [0.3, 0.4) is 0 Å². The van der Waals surface area contributed by atoms with E-state index in [1.807, 2.05) is 6.07 Å². The Morgan fingerprint density at radius 1 is 1.29 bits per heavy atom. The molecule has 0 spiro atoms. The third-order valence-electron chi connectivity index (χ3n) is 2.77. The highest BCUT2D eigenvalue weighted by Crippen LogP contribution is 2.20. The Morgan fingerprint density at radius 3 is 2.54 bits per heavy atom. The molecule has 2 aromatic rings. The number of carbonyl (C=O) groups is 1. The SMILES string of the molecule is CC1=NOC(=O)C1=NNc1ccccc1Cl.[O-][n+]1ccccc1S. The minimum absolute atomic E-state index is 0.153. The maximum absolute atomic E-state index is 11.2. The van der Waals surface area contributed by atoms with Crippen LogP contribution >= 0.6 is 24.2 Å². The summed E-state index contributed by atoms with van der Waals surface area (Å²) in [7, 11) is 0. The molecule has 0 saturated carbocycles. The largest absolute Gasteiger partial charge is 0.618 e. The molecule has 1 aliphatic rings. The molecule has 0 aliphatic carbocycles. The molecule has 7 nitrogen and oxygen atoms in total. The molecule has 1 aromatic carbocycles. The third kappa shape index (κ3) is 4.71. The topological polar surface area (TPSA) is 90.0 Å². The van der Waals surface area contributed by atoms with E-state index in [0.29, 0.717) is 26.2 Å². The monoisotopic (exact) mass is 364 g/mol. The summed E-state index contributed by atoms with van der Waals surface area (Å²) in [4.78, 5) is 15.6. The van der Waals surface area contributed by atoms with Gasteiger partial charge in [-0.05, 0) is 25.1 Å². The Hall–Kier alpha value is -2.58. The van der Waals surface area contributed by atoms with Crippen molar-refractivity contribution < 1.29 is 14.4 Å². The number of para-hydroxylation sites is 1. The van der Waals surface area contributed by atoms with Gasteiger partial charge in [0.05, 0.1) is 10.7 Å². The molecule has 0 amide bonds. The van der Waals surface area contributed by atoms with E-state index in [1.165, 1.54) is 6.20 Å². The molecule has 0 saturated heterocycles. The van der Waals surface area contributed by atoms with Crippen molar-refractivity contribution in [3.8, 4) is 0 Å². The fourth-order valence-electron chi connectivity index (χ4n) is 1.56. The minimum atomic E-state index is -0.572. The highest BCUT2D eigenvalue weighted by Gasteiger charge is 2.24. The highest BCUT2D eigenvalue weighted by atomic mass is 35.5. The van der Waals surface area contributed by atoms with Gasteiger partial charge >= 0.3 is 5.97 Å². The summed E-state index contributed by atoms with van der Waals surface area (Å²) in [6, 6.07) is 12.1. The van der Waals surface area contributed by atoms with Crippen molar-refractivity contribution in [1.82, 2.24) is 0 Å². The number of anilines is 1. The second kappa shape index (κ2) is 8.32. The van der Waals surface area contributed by atoms with Crippen molar-refractivity contribution in [1.29, 1.82) is 0 Å². The minimum Gasteiger partial charge on any atom is -0.618 e. The number of carbonyl (C=O) groups excluding carboxylic acids is 1. The van der Waals surface area contributed by atoms with E-state index >= 15 is 0 Å². The average molecular weight is 365 g/mol. The number of hydrazone groups is 1. The summed E-state index contributed by atoms with van der Waals surface area (Å²) in [5.74, 6) is -0.572. The summed E-state index contributed by atoms with van der Waals surface area (Å²) in [6.45, 7) is 1.64. The van der Waals surface area contributed by atoms with Gasteiger partial charge in [-0.3, -0.25) is 5.43 Å². The average Bonchev–Trinajstić information content (AvgIpc) is 2.89. The van der Waals surface area contributed by atoms with Gasteiger partial charge in [0.1, 0.15) is 5.71 Å². The van der Waals surface area contributed by atoms with E-state index < -0.39 is 5.97 Å². The first-order valence-electron chi connectivity index (χ1n) is 6.70. The van der Waals surface area contributed by atoms with Gasteiger partial charge < -0.3 is 10.0 Å². The van der Waals surface area contributed by atoms with Crippen LogP contribution in [0, 0.1) is 5.21 Å². The van der Waals surface area contributed by atoms with Crippen LogP contribution < -0.4 is 10.2 Å². The number of benzene rings is 1. The van der Waals surface area contributed by atoms with Crippen molar-refractivity contribution in [2.24, 2.45) is 10.3 Å². The molecule has 0 radical (unpaired) electrons. The predicted octanol–water partition coefficient (Wildman–Crippen LogP) is 2.65. The second-order valence-corrected chi connectivity index (χ2v) is 5.36. The molecule has 0 atom stereocenters. The van der Waals surface area contributed by atoms with Crippen LogP contribution in [0.15, 0.2) is 63.9 Å². The lowest BCUT2D eigenvalue weighted by Gasteiger charge is -2.02. The van der Waals surface area contributed by atoms with Gasteiger partial charge in [0.15, 0.2) is 11.9 Å². The van der Waals surface area contributed by atoms with E-state index in [4.69, 9.17) is 11.6 Å². The Bertz CT molecular complexity index is 790. The van der Waals surface area contributed by atoms with Gasteiger partial charge in [-0.15, -0.1) is 0 Å². The normalized spacial score (nSPS) is 14.5. The van der Waals surface area contributed by atoms with E-state index in [1.54, 1.807) is 43.3 Å². The standard InChI is InChI=1S/C10H8ClN3O2.C5H5NOS/c1-6-9(10(15)16-14-6)13-12-8-5-3-2-4-7(8)11;7-6-4-2-1-3-5(6)8/h2-5,12H,1H3;1-4,8H. The summed E-state index contributed by atoms with van der Waals surface area (Å²) >= 11 is 9.75. The molecule has 0 fully saturated rings. The first-order valence-corrected chi connectivity index (χ1v) is 7.53. The lowest BCUT2D eigenvalue weighted by Crippen LogP contribution is -2.26. The Balaban J connectivity index is 0.000000219. The van der Waals surface area contributed by atoms with Crippen molar-refractivity contribution >= 4 is 47.3 Å². The molecule has 0 bridgehead atoms. The number of hydrogen-bond acceptors (Lipinski definition) is 7. The zero-order chi connectivity index (χ0) is 17.5. The maximum atomic E-state index is 11.2. The number of nitrogens with one attached hydrogen (secondary N) is 1. The lowest BCUT2D eigenvalue weighted by atomic mass is 10.3. The molecular formula is C15H13ClN4O3S. The summed E-state index contributed by atoms with van der Waals surface area (Å²) < 4.78 is 0.698. The molecule has 1 aliphatic heterocycles. The van der Waals surface area contributed by atoms with Crippen molar-refractivity contribution in [2.45, 2.75) is 11.9 Å². The Kier molecular flexibility index (Phi) is 6.16. The molecule has 1 N–H and O–H groups in total. The van der Waals surface area contributed by atoms with Crippen molar-refractivity contribution in [2.75, 3.05) is 5.43 Å². The van der Waals surface area contributed by atoms with Crippen LogP contribution in [0.1, 0.15) is 6.92 Å². The third-order valence-corrected chi connectivity index (χ3v) is 3.44.